The predicted octanol–water partition coefficient (Wildman–Crippen LogP) is 6.32. The lowest BCUT2D eigenvalue weighted by molar-refractivity contribution is 0.180. The summed E-state index contributed by atoms with van der Waals surface area (Å²) < 4.78 is 6.11. The highest BCUT2D eigenvalue weighted by Crippen LogP contribution is 2.32. The Balaban J connectivity index is 0.00000167. The number of hydrogen-bond donors (Lipinski definition) is 1. The Labute approximate surface area is 205 Å². The molecule has 9 nitrogen and oxygen atoms in total. The van der Waals surface area contributed by atoms with Crippen molar-refractivity contribution >= 4 is 40.4 Å². The largest absolute Gasteiger partial charge is 0.457 e. The van der Waals surface area contributed by atoms with Crippen LogP contribution in [0.4, 0.5) is 23.1 Å². The highest BCUT2D eigenvalue weighted by Gasteiger charge is 2.12. The molecule has 0 bridgehead atoms. The van der Waals surface area contributed by atoms with E-state index in [1.165, 1.54) is 11.4 Å². The molecule has 4 aromatic rings. The second-order valence-corrected chi connectivity index (χ2v) is 7.35. The molecule has 2 heterocycles. The lowest BCUT2D eigenvalue weighted by Crippen LogP contribution is -2.17. The first-order chi connectivity index (χ1) is 17.0. The van der Waals surface area contributed by atoms with E-state index in [0.29, 0.717) is 22.8 Å². The summed E-state index contributed by atoms with van der Waals surface area (Å²) in [5.41, 5.74) is 5.02. The normalized spacial score (nSPS) is 10.7. The Morgan fingerprint density at radius 1 is 1.00 bits per heavy atom. The lowest BCUT2D eigenvalue weighted by Gasteiger charge is -2.15. The van der Waals surface area contributed by atoms with Gasteiger partial charge in [-0.1, -0.05) is 19.9 Å². The highest BCUT2D eigenvalue weighted by atomic mass is 16.7. The van der Waals surface area contributed by atoms with Crippen LogP contribution in [-0.2, 0) is 4.84 Å². The molecule has 0 aliphatic carbocycles. The van der Waals surface area contributed by atoms with E-state index in [4.69, 9.17) is 9.57 Å². The molecule has 0 unspecified atom stereocenters. The Bertz CT molecular complexity index is 1320. The minimum absolute atomic E-state index is 0.410. The van der Waals surface area contributed by atoms with Gasteiger partial charge in [0.1, 0.15) is 28.9 Å². The fourth-order valence-corrected chi connectivity index (χ4v) is 3.21. The summed E-state index contributed by atoms with van der Waals surface area (Å²) in [4.78, 5) is 27.0. The minimum Gasteiger partial charge on any atom is -0.457 e. The van der Waals surface area contributed by atoms with Crippen LogP contribution >= 0.6 is 0 Å². The molecule has 0 radical (unpaired) electrons. The molecule has 0 aliphatic rings. The van der Waals surface area contributed by atoms with Crippen molar-refractivity contribution in [1.29, 1.82) is 0 Å². The van der Waals surface area contributed by atoms with Crippen LogP contribution in [0.2, 0.25) is 0 Å². The van der Waals surface area contributed by atoms with Crippen molar-refractivity contribution in [3.8, 4) is 11.5 Å². The summed E-state index contributed by atoms with van der Waals surface area (Å²) in [6.45, 7) is 9.91. The van der Waals surface area contributed by atoms with E-state index in [2.05, 4.69) is 30.2 Å². The number of hydrogen-bond acceptors (Lipinski definition) is 9. The topological polar surface area (TPSA) is 97.6 Å². The molecule has 182 valence electrons. The zero-order valence-electron chi connectivity index (χ0n) is 21.2. The van der Waals surface area contributed by atoms with E-state index in [-0.39, 0.29) is 0 Å². The smallest absolute Gasteiger partial charge is 0.250 e. The highest BCUT2D eigenvalue weighted by molar-refractivity contribution is 5.87. The van der Waals surface area contributed by atoms with Gasteiger partial charge < -0.3 is 10.1 Å². The SMILES string of the molecule is CC.CC=Nc1cc(Oc2ccc(Nc3ncnc4cnc(N(C)OC)nc34)cc2C)ccc1C. The number of nitrogens with zero attached hydrogens (tertiary/aromatic N) is 6. The summed E-state index contributed by atoms with van der Waals surface area (Å²) in [5, 5.41) is 4.79. The molecule has 35 heavy (non-hydrogen) atoms. The number of benzene rings is 2. The molecule has 0 saturated carbocycles. The molecule has 1 N–H and O–H groups in total. The third-order valence-corrected chi connectivity index (χ3v) is 5.03. The quantitative estimate of drug-likeness (QED) is 0.246. The van der Waals surface area contributed by atoms with Gasteiger partial charge in [0, 0.05) is 25.0 Å². The third kappa shape index (κ3) is 6.07. The van der Waals surface area contributed by atoms with E-state index < -0.39 is 0 Å². The van der Waals surface area contributed by atoms with Gasteiger partial charge in [-0.2, -0.15) is 0 Å². The average molecular weight is 474 g/mol. The Morgan fingerprint density at radius 2 is 1.80 bits per heavy atom. The molecule has 0 amide bonds. The molecular formula is C26H31N7O2. The van der Waals surface area contributed by atoms with Gasteiger partial charge >= 0.3 is 0 Å². The zero-order valence-corrected chi connectivity index (χ0v) is 21.2. The maximum atomic E-state index is 6.11. The maximum Gasteiger partial charge on any atom is 0.250 e. The van der Waals surface area contributed by atoms with Crippen LogP contribution in [0.5, 0.6) is 11.5 Å². The van der Waals surface area contributed by atoms with Crippen LogP contribution < -0.4 is 15.1 Å². The van der Waals surface area contributed by atoms with Gasteiger partial charge in [-0.3, -0.25) is 9.83 Å². The maximum absolute atomic E-state index is 6.11. The van der Waals surface area contributed by atoms with Crippen molar-refractivity contribution in [3.05, 3.63) is 60.0 Å². The fraction of sp³-hybridized carbons (Fsp3) is 0.269. The van der Waals surface area contributed by atoms with Gasteiger partial charge in [-0.15, -0.1) is 0 Å². The molecule has 0 atom stereocenters. The van der Waals surface area contributed by atoms with Crippen molar-refractivity contribution < 1.29 is 9.57 Å². The molecule has 4 rings (SSSR count). The number of aromatic nitrogens is 4. The number of ether oxygens (including phenoxy) is 1. The average Bonchev–Trinajstić information content (AvgIpc) is 2.88. The van der Waals surface area contributed by atoms with Crippen LogP contribution in [0.3, 0.4) is 0 Å². The molecule has 0 aliphatic heterocycles. The van der Waals surface area contributed by atoms with Crippen molar-refractivity contribution in [2.24, 2.45) is 4.99 Å². The molecule has 2 aromatic heterocycles. The first kappa shape index (κ1) is 25.5. The van der Waals surface area contributed by atoms with E-state index in [0.717, 1.165) is 34.0 Å². The summed E-state index contributed by atoms with van der Waals surface area (Å²) in [6.07, 6.45) is 4.89. The van der Waals surface area contributed by atoms with Crippen LogP contribution in [-0.4, -0.2) is 40.3 Å². The van der Waals surface area contributed by atoms with Crippen molar-refractivity contribution in [3.63, 3.8) is 0 Å². The van der Waals surface area contributed by atoms with E-state index >= 15 is 0 Å². The fourth-order valence-electron chi connectivity index (χ4n) is 3.21. The molecule has 2 aromatic carbocycles. The van der Waals surface area contributed by atoms with Gasteiger partial charge in [-0.25, -0.2) is 25.0 Å². The Kier molecular flexibility index (Phi) is 8.63. The third-order valence-electron chi connectivity index (χ3n) is 5.03. The van der Waals surface area contributed by atoms with Crippen molar-refractivity contribution in [1.82, 2.24) is 19.9 Å². The second kappa shape index (κ2) is 11.8. The molecule has 0 spiro atoms. The van der Waals surface area contributed by atoms with E-state index in [9.17, 15) is 0 Å². The van der Waals surface area contributed by atoms with E-state index in [1.54, 1.807) is 26.6 Å². The first-order valence-electron chi connectivity index (χ1n) is 11.4. The summed E-state index contributed by atoms with van der Waals surface area (Å²) in [6, 6.07) is 11.7. The molecular weight excluding hydrogens is 442 g/mol. The summed E-state index contributed by atoms with van der Waals surface area (Å²) >= 11 is 0. The van der Waals surface area contributed by atoms with Gasteiger partial charge in [0.25, 0.3) is 0 Å². The van der Waals surface area contributed by atoms with Gasteiger partial charge in [0.05, 0.1) is 19.0 Å². The summed E-state index contributed by atoms with van der Waals surface area (Å²) in [7, 11) is 3.28. The molecule has 9 heteroatoms. The number of anilines is 3. The standard InChI is InChI=1S/C24H25N7O2.C2H6/c1-6-25-19-12-18(9-7-15(19)2)33-21-10-8-17(11-16(21)3)29-23-22-20(27-14-28-23)13-26-24(30-22)31(4)32-5;1-2/h6-14H,1-5H3,(H,27,28,29);1-2H3. The zero-order chi connectivity index (χ0) is 25.4. The van der Waals surface area contributed by atoms with Crippen molar-refractivity contribution in [2.75, 3.05) is 24.5 Å². The predicted molar refractivity (Wildman–Crippen MR) is 141 cm³/mol. The number of fused-ring (bicyclic) bond motifs is 1. The molecule has 0 saturated heterocycles. The number of aryl methyl sites for hydroxylation is 2. The van der Waals surface area contributed by atoms with Crippen LogP contribution in [0.1, 0.15) is 31.9 Å². The Morgan fingerprint density at radius 3 is 2.51 bits per heavy atom. The monoisotopic (exact) mass is 473 g/mol. The van der Waals surface area contributed by atoms with Crippen LogP contribution in [0.25, 0.3) is 11.0 Å². The van der Waals surface area contributed by atoms with Gasteiger partial charge in [0.15, 0.2) is 5.82 Å². The first-order valence-corrected chi connectivity index (χ1v) is 11.4. The second-order valence-electron chi connectivity index (χ2n) is 7.35. The Hall–Kier alpha value is -4.11. The molecule has 0 fully saturated rings. The lowest BCUT2D eigenvalue weighted by atomic mass is 10.2. The number of rotatable bonds is 7. The number of aliphatic imine (C=N–C) groups is 1. The summed E-state index contributed by atoms with van der Waals surface area (Å²) in [5.74, 6) is 2.47. The van der Waals surface area contributed by atoms with Crippen LogP contribution in [0, 0.1) is 13.8 Å². The van der Waals surface area contributed by atoms with Crippen molar-refractivity contribution in [2.45, 2.75) is 34.6 Å². The van der Waals surface area contributed by atoms with E-state index in [1.807, 2.05) is 71.0 Å². The number of nitrogens with one attached hydrogen (secondary N) is 1. The van der Waals surface area contributed by atoms with Gasteiger partial charge in [-0.05, 0) is 56.2 Å². The number of hydroxylamine groups is 1. The minimum atomic E-state index is 0.410. The van der Waals surface area contributed by atoms with Gasteiger partial charge in [0.2, 0.25) is 5.95 Å². The van der Waals surface area contributed by atoms with Crippen LogP contribution in [0.15, 0.2) is 53.9 Å².